The van der Waals surface area contributed by atoms with Gasteiger partial charge in [-0.05, 0) is 34.6 Å². The van der Waals surface area contributed by atoms with Crippen molar-refractivity contribution in [3.8, 4) is 0 Å². The van der Waals surface area contributed by atoms with E-state index in [0.29, 0.717) is 5.57 Å². The van der Waals surface area contributed by atoms with Crippen LogP contribution >= 0.6 is 0 Å². The first-order valence-electron chi connectivity index (χ1n) is 6.71. The molecule has 0 aliphatic heterocycles. The molecule has 0 aliphatic carbocycles. The molecule has 137 valence electrons. The normalized spacial score (nSPS) is 6.82. The smallest absolute Gasteiger partial charge is 0.333 e. The third-order valence-electron chi connectivity index (χ3n) is 0.673. The second kappa shape index (κ2) is 49.8. The fraction of sp³-hybridized carbons (Fsp3) is 0.786. The van der Waals surface area contributed by atoms with Gasteiger partial charge in [-0.25, -0.2) is 4.79 Å². The Bertz CT molecular complexity index is 171. The van der Waals surface area contributed by atoms with Crippen LogP contribution in [0.25, 0.3) is 0 Å². The molecule has 0 aliphatic rings. The average molecular weight is 407 g/mol. The van der Waals surface area contributed by atoms with Crippen LogP contribution in [-0.4, -0.2) is 71.1 Å². The molecular formula is C14H34NbO7. The van der Waals surface area contributed by atoms with Gasteiger partial charge in [0.1, 0.15) is 6.61 Å². The Morgan fingerprint density at radius 3 is 1.23 bits per heavy atom. The maximum atomic E-state index is 10.5. The molecule has 0 bridgehead atoms. The Morgan fingerprint density at radius 1 is 0.864 bits per heavy atom. The van der Waals surface area contributed by atoms with Gasteiger partial charge in [-0.2, -0.15) is 0 Å². The zero-order valence-corrected chi connectivity index (χ0v) is 16.6. The van der Waals surface area contributed by atoms with E-state index < -0.39 is 5.97 Å². The zero-order valence-electron chi connectivity index (χ0n) is 14.4. The van der Waals surface area contributed by atoms with E-state index in [4.69, 9.17) is 25.5 Å². The van der Waals surface area contributed by atoms with Crippen molar-refractivity contribution in [1.82, 2.24) is 0 Å². The summed E-state index contributed by atoms with van der Waals surface area (Å²) in [7, 11) is 0. The van der Waals surface area contributed by atoms with Gasteiger partial charge in [-0.3, -0.25) is 0 Å². The van der Waals surface area contributed by atoms with Crippen molar-refractivity contribution in [2.45, 2.75) is 34.6 Å². The largest absolute Gasteiger partial charge is 0.460 e. The number of aliphatic hydroxyl groups is 5. The summed E-state index contributed by atoms with van der Waals surface area (Å²) >= 11 is 0. The van der Waals surface area contributed by atoms with Crippen molar-refractivity contribution >= 4 is 5.97 Å². The third-order valence-corrected chi connectivity index (χ3v) is 0.673. The molecule has 22 heavy (non-hydrogen) atoms. The van der Waals surface area contributed by atoms with Crippen molar-refractivity contribution < 1.29 is 57.4 Å². The van der Waals surface area contributed by atoms with Crippen LogP contribution in [0.15, 0.2) is 12.2 Å². The van der Waals surface area contributed by atoms with Crippen LogP contribution in [0, 0.1) is 0 Å². The summed E-state index contributed by atoms with van der Waals surface area (Å²) in [5, 5.41) is 38.5. The summed E-state index contributed by atoms with van der Waals surface area (Å²) in [6.07, 6.45) is 0. The van der Waals surface area contributed by atoms with Gasteiger partial charge < -0.3 is 30.3 Å². The summed E-state index contributed by atoms with van der Waals surface area (Å²) in [6, 6.07) is 0. The summed E-state index contributed by atoms with van der Waals surface area (Å²) in [5.41, 5.74) is 0.350. The molecular weight excluding hydrogens is 373 g/mol. The summed E-state index contributed by atoms with van der Waals surface area (Å²) in [4.78, 5) is 10.5. The molecule has 8 heteroatoms. The Balaban J connectivity index is -0.0000000415. The van der Waals surface area contributed by atoms with Crippen LogP contribution in [0.5, 0.6) is 0 Å². The number of carbonyl (C=O) groups excluding carboxylic acids is 1. The Labute approximate surface area is 150 Å². The predicted octanol–water partition coefficient (Wildman–Crippen LogP) is 0.0899. The number of aliphatic hydroxyl groups excluding tert-OH is 5. The number of hydrogen-bond donors (Lipinski definition) is 5. The van der Waals surface area contributed by atoms with Gasteiger partial charge in [0.25, 0.3) is 0 Å². The maximum Gasteiger partial charge on any atom is 0.333 e. The monoisotopic (exact) mass is 407 g/mol. The predicted molar refractivity (Wildman–Crippen MR) is 83.9 cm³/mol. The van der Waals surface area contributed by atoms with Crippen molar-refractivity contribution in [3.05, 3.63) is 12.2 Å². The van der Waals surface area contributed by atoms with Gasteiger partial charge in [-0.15, -0.1) is 0 Å². The molecule has 0 aromatic heterocycles. The van der Waals surface area contributed by atoms with Crippen LogP contribution in [0.4, 0.5) is 0 Å². The van der Waals surface area contributed by atoms with Crippen molar-refractivity contribution in [3.63, 3.8) is 0 Å². The molecule has 0 fully saturated rings. The Hall–Kier alpha value is -0.250. The van der Waals surface area contributed by atoms with E-state index in [-0.39, 0.29) is 62.0 Å². The van der Waals surface area contributed by atoms with Gasteiger partial charge in [-0.1, -0.05) is 6.58 Å². The Kier molecular flexibility index (Phi) is 85.4. The third kappa shape index (κ3) is 116. The molecule has 0 saturated heterocycles. The number of ether oxygens (including phenoxy) is 1. The topological polar surface area (TPSA) is 127 Å². The van der Waals surface area contributed by atoms with Crippen molar-refractivity contribution in [1.29, 1.82) is 0 Å². The molecule has 0 atom stereocenters. The number of rotatable bonds is 3. The number of esters is 1. The van der Waals surface area contributed by atoms with Gasteiger partial charge in [0.2, 0.25) is 0 Å². The molecule has 5 N–H and O–H groups in total. The molecule has 0 amide bonds. The fourth-order valence-corrected chi connectivity index (χ4v) is 0.262. The zero-order chi connectivity index (χ0) is 18.1. The van der Waals surface area contributed by atoms with Crippen molar-refractivity contribution in [2.75, 3.05) is 39.6 Å². The molecule has 7 nitrogen and oxygen atoms in total. The minimum atomic E-state index is -0.455. The average Bonchev–Trinajstić information content (AvgIpc) is 2.39. The minimum Gasteiger partial charge on any atom is -0.460 e. The van der Waals surface area contributed by atoms with E-state index >= 15 is 0 Å². The van der Waals surface area contributed by atoms with Gasteiger partial charge in [0.05, 0.1) is 6.61 Å². The van der Waals surface area contributed by atoms with Gasteiger partial charge >= 0.3 is 5.97 Å². The van der Waals surface area contributed by atoms with E-state index in [1.807, 2.05) is 0 Å². The molecule has 0 heterocycles. The molecule has 1 radical (unpaired) electrons. The first-order chi connectivity index (χ1) is 9.84. The second-order valence-corrected chi connectivity index (χ2v) is 2.90. The standard InChI is InChI=1S/C6H10O3.4C2H6O.Nb/c1-5(2)6(8)9-4-3-7;4*1-2-3;/h7H,1,3-4H2,2H3;4*3H,2H2,1H3;. The summed E-state index contributed by atoms with van der Waals surface area (Å²) in [5.74, 6) is -0.455. The summed E-state index contributed by atoms with van der Waals surface area (Å²) < 4.78 is 4.46. The molecule has 0 rings (SSSR count). The van der Waals surface area contributed by atoms with Crippen LogP contribution in [0.1, 0.15) is 34.6 Å². The SMILES string of the molecule is C=C(C)C(=O)OCCO.CCO.CCO.CCO.CCO.[Nb]. The molecule has 0 aromatic rings. The van der Waals surface area contributed by atoms with Crippen LogP contribution in [-0.2, 0) is 31.9 Å². The first-order valence-corrected chi connectivity index (χ1v) is 6.71. The van der Waals surface area contributed by atoms with E-state index in [0.717, 1.165) is 0 Å². The molecule has 0 unspecified atom stereocenters. The van der Waals surface area contributed by atoms with Gasteiger partial charge in [0.15, 0.2) is 0 Å². The molecule has 0 saturated carbocycles. The van der Waals surface area contributed by atoms with Gasteiger partial charge in [0, 0.05) is 54.4 Å². The van der Waals surface area contributed by atoms with Crippen LogP contribution in [0.2, 0.25) is 0 Å². The number of carbonyl (C=O) groups is 1. The summed E-state index contributed by atoms with van der Waals surface area (Å²) in [6.45, 7) is 12.5. The number of hydrogen-bond acceptors (Lipinski definition) is 7. The Morgan fingerprint density at radius 2 is 1.09 bits per heavy atom. The van der Waals surface area contributed by atoms with Crippen molar-refractivity contribution in [2.24, 2.45) is 0 Å². The van der Waals surface area contributed by atoms with Crippen LogP contribution in [0.3, 0.4) is 0 Å². The minimum absolute atomic E-state index is 0. The fourth-order valence-electron chi connectivity index (χ4n) is 0.262. The first kappa shape index (κ1) is 37.8. The van der Waals surface area contributed by atoms with Crippen LogP contribution < -0.4 is 0 Å². The molecule has 0 aromatic carbocycles. The molecule has 0 spiro atoms. The van der Waals surface area contributed by atoms with E-state index in [2.05, 4.69) is 11.3 Å². The second-order valence-electron chi connectivity index (χ2n) is 2.90. The quantitative estimate of drug-likeness (QED) is 0.255. The van der Waals surface area contributed by atoms with E-state index in [9.17, 15) is 4.79 Å². The maximum absolute atomic E-state index is 10.5. The van der Waals surface area contributed by atoms with E-state index in [1.165, 1.54) is 0 Å². The van der Waals surface area contributed by atoms with E-state index in [1.54, 1.807) is 34.6 Å².